The van der Waals surface area contributed by atoms with Crippen LogP contribution in [0.3, 0.4) is 0 Å². The Kier molecular flexibility index (Phi) is 8.34. The number of carbonyl (C=O) groups excluding carboxylic acids is 2. The van der Waals surface area contributed by atoms with Crippen LogP contribution in [0.25, 0.3) is 0 Å². The molecule has 0 fully saturated rings. The topological polar surface area (TPSA) is 73.9 Å². The molecular weight excluding hydrogens is 358 g/mol. The molecule has 0 aliphatic carbocycles. The molecule has 6 nitrogen and oxygen atoms in total. The largest absolute Gasteiger partial charge is 0.490 e. The van der Waals surface area contributed by atoms with Crippen LogP contribution >= 0.6 is 0 Å². The Balaban J connectivity index is 1.84. The molecule has 28 heavy (non-hydrogen) atoms. The lowest BCUT2D eigenvalue weighted by molar-refractivity contribution is -0.147. The fourth-order valence-electron chi connectivity index (χ4n) is 2.68. The quantitative estimate of drug-likeness (QED) is 0.622. The number of ether oxygens (including phenoxy) is 3. The fourth-order valence-corrected chi connectivity index (χ4v) is 2.68. The van der Waals surface area contributed by atoms with Gasteiger partial charge < -0.3 is 19.5 Å². The van der Waals surface area contributed by atoms with Crippen molar-refractivity contribution in [3.63, 3.8) is 0 Å². The molecule has 2 aromatic rings. The zero-order valence-electron chi connectivity index (χ0n) is 16.6. The number of nitrogens with one attached hydrogen (secondary N) is 1. The van der Waals surface area contributed by atoms with E-state index in [1.807, 2.05) is 51.1 Å². The van der Waals surface area contributed by atoms with Crippen LogP contribution in [-0.2, 0) is 14.3 Å². The van der Waals surface area contributed by atoms with Gasteiger partial charge in [-0.05, 0) is 37.5 Å². The summed E-state index contributed by atoms with van der Waals surface area (Å²) < 4.78 is 16.1. The molecule has 0 saturated heterocycles. The third kappa shape index (κ3) is 6.61. The number of anilines is 1. The smallest absolute Gasteiger partial charge is 0.306 e. The van der Waals surface area contributed by atoms with Gasteiger partial charge in [0.05, 0.1) is 19.6 Å². The number of benzene rings is 2. The molecule has 2 rings (SSSR count). The molecule has 6 heteroatoms. The number of hydrogen-bond donors (Lipinski definition) is 1. The monoisotopic (exact) mass is 385 g/mol. The fraction of sp³-hybridized carbons (Fsp3) is 0.364. The van der Waals surface area contributed by atoms with E-state index in [0.29, 0.717) is 30.4 Å². The zero-order valence-corrected chi connectivity index (χ0v) is 16.6. The summed E-state index contributed by atoms with van der Waals surface area (Å²) >= 11 is 0. The van der Waals surface area contributed by atoms with Crippen LogP contribution in [-0.4, -0.2) is 31.7 Å². The highest BCUT2D eigenvalue weighted by Gasteiger charge is 2.14. The Morgan fingerprint density at radius 3 is 2.32 bits per heavy atom. The molecule has 0 saturated carbocycles. The number of amides is 1. The third-order valence-electron chi connectivity index (χ3n) is 4.03. The minimum absolute atomic E-state index is 0.0247. The van der Waals surface area contributed by atoms with Gasteiger partial charge in [0.25, 0.3) is 5.91 Å². The van der Waals surface area contributed by atoms with E-state index in [1.54, 1.807) is 18.2 Å². The highest BCUT2D eigenvalue weighted by atomic mass is 16.5. The van der Waals surface area contributed by atoms with Gasteiger partial charge in [-0.1, -0.05) is 37.3 Å². The van der Waals surface area contributed by atoms with Crippen LogP contribution in [0.2, 0.25) is 0 Å². The Labute approximate surface area is 165 Å². The summed E-state index contributed by atoms with van der Waals surface area (Å²) in [6, 6.07) is 14.8. The molecule has 1 N–H and O–H groups in total. The molecule has 0 radical (unpaired) electrons. The van der Waals surface area contributed by atoms with Crippen molar-refractivity contribution >= 4 is 17.6 Å². The summed E-state index contributed by atoms with van der Waals surface area (Å²) in [7, 11) is 0. The van der Waals surface area contributed by atoms with Crippen LogP contribution in [0.1, 0.15) is 38.7 Å². The molecule has 0 aromatic heterocycles. The van der Waals surface area contributed by atoms with Crippen LogP contribution in [0.15, 0.2) is 48.5 Å². The average Bonchev–Trinajstić information content (AvgIpc) is 2.69. The number of hydrogen-bond acceptors (Lipinski definition) is 5. The van der Waals surface area contributed by atoms with E-state index in [0.717, 1.165) is 5.56 Å². The second-order valence-electron chi connectivity index (χ2n) is 6.25. The Hall–Kier alpha value is -3.02. The summed E-state index contributed by atoms with van der Waals surface area (Å²) in [5.41, 5.74) is 1.60. The van der Waals surface area contributed by atoms with Crippen molar-refractivity contribution in [2.45, 2.75) is 33.1 Å². The summed E-state index contributed by atoms with van der Waals surface area (Å²) in [5.74, 6) is 0.372. The van der Waals surface area contributed by atoms with E-state index in [9.17, 15) is 9.59 Å². The van der Waals surface area contributed by atoms with Crippen molar-refractivity contribution < 1.29 is 23.8 Å². The van der Waals surface area contributed by atoms with Crippen molar-refractivity contribution in [2.75, 3.05) is 25.1 Å². The van der Waals surface area contributed by atoms with Gasteiger partial charge in [0.15, 0.2) is 18.1 Å². The first kappa shape index (κ1) is 21.3. The molecule has 0 aliphatic heterocycles. The van der Waals surface area contributed by atoms with Gasteiger partial charge in [-0.25, -0.2) is 0 Å². The zero-order chi connectivity index (χ0) is 20.4. The van der Waals surface area contributed by atoms with Crippen molar-refractivity contribution in [3.8, 4) is 11.5 Å². The number of rotatable bonds is 10. The lowest BCUT2D eigenvalue weighted by Crippen LogP contribution is -2.21. The standard InChI is InChI=1S/C22H27NO5/c1-4-26-19-12-11-18(14-20(19)27-5-2)23-21(24)15-28-22(25)13-16(3)17-9-7-6-8-10-17/h6-12,14,16H,4-5,13,15H2,1-3H3,(H,23,24). The summed E-state index contributed by atoms with van der Waals surface area (Å²) in [6.45, 7) is 6.37. The molecule has 2 aromatic carbocycles. The predicted octanol–water partition coefficient (Wildman–Crippen LogP) is 4.16. The highest BCUT2D eigenvalue weighted by Crippen LogP contribution is 2.30. The lowest BCUT2D eigenvalue weighted by atomic mass is 9.98. The van der Waals surface area contributed by atoms with Gasteiger partial charge in [-0.2, -0.15) is 0 Å². The summed E-state index contributed by atoms with van der Waals surface area (Å²) in [4.78, 5) is 24.1. The van der Waals surface area contributed by atoms with Crippen LogP contribution in [0, 0.1) is 0 Å². The van der Waals surface area contributed by atoms with E-state index < -0.39 is 11.9 Å². The second kappa shape index (κ2) is 11.0. The van der Waals surface area contributed by atoms with Gasteiger partial charge in [0.1, 0.15) is 0 Å². The van der Waals surface area contributed by atoms with E-state index in [4.69, 9.17) is 14.2 Å². The van der Waals surface area contributed by atoms with Gasteiger partial charge >= 0.3 is 5.97 Å². The molecule has 0 bridgehead atoms. The average molecular weight is 385 g/mol. The maximum absolute atomic E-state index is 12.1. The first-order valence-corrected chi connectivity index (χ1v) is 9.43. The predicted molar refractivity (Wildman–Crippen MR) is 108 cm³/mol. The molecule has 1 amide bonds. The maximum atomic E-state index is 12.1. The van der Waals surface area contributed by atoms with Crippen LogP contribution in [0.4, 0.5) is 5.69 Å². The Morgan fingerprint density at radius 1 is 0.964 bits per heavy atom. The van der Waals surface area contributed by atoms with Gasteiger partial charge in [-0.3, -0.25) is 9.59 Å². The second-order valence-corrected chi connectivity index (χ2v) is 6.25. The first-order chi connectivity index (χ1) is 13.5. The molecule has 1 unspecified atom stereocenters. The van der Waals surface area contributed by atoms with E-state index >= 15 is 0 Å². The summed E-state index contributed by atoms with van der Waals surface area (Å²) in [6.07, 6.45) is 0.217. The lowest BCUT2D eigenvalue weighted by Gasteiger charge is -2.13. The van der Waals surface area contributed by atoms with Gasteiger partial charge in [0.2, 0.25) is 0 Å². The normalized spacial score (nSPS) is 11.4. The van der Waals surface area contributed by atoms with E-state index in [2.05, 4.69) is 5.32 Å². The maximum Gasteiger partial charge on any atom is 0.306 e. The molecule has 0 heterocycles. The van der Waals surface area contributed by atoms with Gasteiger partial charge in [-0.15, -0.1) is 0 Å². The van der Waals surface area contributed by atoms with Crippen molar-refractivity contribution in [1.29, 1.82) is 0 Å². The number of carbonyl (C=O) groups is 2. The minimum atomic E-state index is -0.410. The Morgan fingerprint density at radius 2 is 1.64 bits per heavy atom. The first-order valence-electron chi connectivity index (χ1n) is 9.43. The molecule has 1 atom stereocenters. The summed E-state index contributed by atoms with van der Waals surface area (Å²) in [5, 5.41) is 2.70. The van der Waals surface area contributed by atoms with E-state index in [1.165, 1.54) is 0 Å². The van der Waals surface area contributed by atoms with Crippen molar-refractivity contribution in [2.24, 2.45) is 0 Å². The van der Waals surface area contributed by atoms with Gasteiger partial charge in [0, 0.05) is 11.8 Å². The highest BCUT2D eigenvalue weighted by molar-refractivity contribution is 5.93. The minimum Gasteiger partial charge on any atom is -0.490 e. The molecular formula is C22H27NO5. The van der Waals surface area contributed by atoms with Crippen molar-refractivity contribution in [1.82, 2.24) is 0 Å². The number of esters is 1. The molecule has 0 aliphatic rings. The Bertz CT molecular complexity index is 776. The molecule has 150 valence electrons. The van der Waals surface area contributed by atoms with E-state index in [-0.39, 0.29) is 18.9 Å². The third-order valence-corrected chi connectivity index (χ3v) is 4.03. The van der Waals surface area contributed by atoms with Crippen LogP contribution < -0.4 is 14.8 Å². The SMILES string of the molecule is CCOc1ccc(NC(=O)COC(=O)CC(C)c2ccccc2)cc1OCC. The van der Waals surface area contributed by atoms with Crippen molar-refractivity contribution in [3.05, 3.63) is 54.1 Å². The van der Waals surface area contributed by atoms with Crippen LogP contribution in [0.5, 0.6) is 11.5 Å². The molecule has 0 spiro atoms.